The molecule has 18 heavy (non-hydrogen) atoms. The van der Waals surface area contributed by atoms with Gasteiger partial charge in [-0.25, -0.2) is 0 Å². The normalized spacial score (nSPS) is 15.9. The predicted octanol–water partition coefficient (Wildman–Crippen LogP) is 3.04. The lowest BCUT2D eigenvalue weighted by Crippen LogP contribution is -2.20. The molecule has 2 aromatic rings. The molecule has 0 saturated carbocycles. The molecule has 2 heterocycles. The maximum Gasteiger partial charge on any atom is 0.0851 e. The van der Waals surface area contributed by atoms with Gasteiger partial charge in [0.25, 0.3) is 0 Å². The van der Waals surface area contributed by atoms with Crippen LogP contribution >= 0.6 is 27.3 Å². The smallest absolute Gasteiger partial charge is 0.0851 e. The van der Waals surface area contributed by atoms with Crippen LogP contribution in [0.5, 0.6) is 0 Å². The molecule has 0 saturated heterocycles. The standard InChI is InChI=1S/C13H16BrN3S/c1-15-12(13-9(14)7-16-17(13)2)11-6-8-4-3-5-10(8)18-11/h6-7,12,15H,3-5H2,1-2H3. The van der Waals surface area contributed by atoms with E-state index in [1.807, 2.05) is 36.3 Å². The number of rotatable bonds is 3. The molecule has 0 bridgehead atoms. The van der Waals surface area contributed by atoms with Gasteiger partial charge in [-0.2, -0.15) is 5.10 Å². The zero-order valence-corrected chi connectivity index (χ0v) is 12.9. The molecule has 1 N–H and O–H groups in total. The minimum atomic E-state index is 0.225. The van der Waals surface area contributed by atoms with Crippen molar-refractivity contribution in [3.05, 3.63) is 37.7 Å². The Bertz CT molecular complexity index is 532. The van der Waals surface area contributed by atoms with E-state index in [1.165, 1.54) is 29.8 Å². The summed E-state index contributed by atoms with van der Waals surface area (Å²) in [6.45, 7) is 0. The highest BCUT2D eigenvalue weighted by atomic mass is 79.9. The third kappa shape index (κ3) is 1.94. The minimum Gasteiger partial charge on any atom is -0.307 e. The first-order valence-electron chi connectivity index (χ1n) is 6.17. The van der Waals surface area contributed by atoms with Gasteiger partial charge in [-0.05, 0) is 53.9 Å². The largest absolute Gasteiger partial charge is 0.307 e. The maximum absolute atomic E-state index is 4.31. The van der Waals surface area contributed by atoms with E-state index in [1.54, 1.807) is 10.4 Å². The highest BCUT2D eigenvalue weighted by Crippen LogP contribution is 2.37. The molecule has 0 aromatic carbocycles. The van der Waals surface area contributed by atoms with Gasteiger partial charge in [0, 0.05) is 16.8 Å². The van der Waals surface area contributed by atoms with E-state index in [9.17, 15) is 0 Å². The fraction of sp³-hybridized carbons (Fsp3) is 0.462. The van der Waals surface area contributed by atoms with Crippen molar-refractivity contribution in [3.63, 3.8) is 0 Å². The average molecular weight is 326 g/mol. The molecule has 0 aliphatic heterocycles. The van der Waals surface area contributed by atoms with E-state index in [0.717, 1.165) is 4.47 Å². The SMILES string of the molecule is CNC(c1cc2c(s1)CCC2)c1c(Br)cnn1C. The van der Waals surface area contributed by atoms with Crippen molar-refractivity contribution in [2.45, 2.75) is 25.3 Å². The molecule has 1 unspecified atom stereocenters. The van der Waals surface area contributed by atoms with Crippen LogP contribution in [0.15, 0.2) is 16.7 Å². The van der Waals surface area contributed by atoms with Crippen LogP contribution in [0.2, 0.25) is 0 Å². The molecule has 1 aliphatic carbocycles. The molecule has 3 nitrogen and oxygen atoms in total. The first-order chi connectivity index (χ1) is 8.70. The summed E-state index contributed by atoms with van der Waals surface area (Å²) in [6.07, 6.45) is 5.68. The number of nitrogens with one attached hydrogen (secondary N) is 1. The second-order valence-electron chi connectivity index (χ2n) is 4.67. The molecular weight excluding hydrogens is 310 g/mol. The van der Waals surface area contributed by atoms with Gasteiger partial charge < -0.3 is 5.32 Å². The molecular formula is C13H16BrN3S. The molecule has 3 rings (SSSR count). The fourth-order valence-electron chi connectivity index (χ4n) is 2.65. The van der Waals surface area contributed by atoms with Crippen molar-refractivity contribution in [1.29, 1.82) is 0 Å². The summed E-state index contributed by atoms with van der Waals surface area (Å²) < 4.78 is 3.01. The number of aromatic nitrogens is 2. The predicted molar refractivity (Wildman–Crippen MR) is 78.2 cm³/mol. The number of halogens is 1. The Morgan fingerprint density at radius 1 is 1.50 bits per heavy atom. The van der Waals surface area contributed by atoms with Gasteiger partial charge in [-0.15, -0.1) is 11.3 Å². The first kappa shape index (κ1) is 12.4. The van der Waals surface area contributed by atoms with E-state index in [4.69, 9.17) is 0 Å². The third-order valence-electron chi connectivity index (χ3n) is 3.55. The van der Waals surface area contributed by atoms with Crippen LogP contribution in [0, 0.1) is 0 Å². The number of fused-ring (bicyclic) bond motifs is 1. The molecule has 0 spiro atoms. The van der Waals surface area contributed by atoms with Crippen molar-refractivity contribution in [2.75, 3.05) is 7.05 Å². The van der Waals surface area contributed by atoms with Crippen LogP contribution in [0.4, 0.5) is 0 Å². The maximum atomic E-state index is 4.31. The summed E-state index contributed by atoms with van der Waals surface area (Å²) in [6, 6.07) is 2.59. The van der Waals surface area contributed by atoms with E-state index in [2.05, 4.69) is 32.4 Å². The summed E-state index contributed by atoms with van der Waals surface area (Å²) in [5, 5.41) is 7.72. The molecule has 0 radical (unpaired) electrons. The van der Waals surface area contributed by atoms with Crippen molar-refractivity contribution in [3.8, 4) is 0 Å². The van der Waals surface area contributed by atoms with Gasteiger partial charge in [0.05, 0.1) is 22.4 Å². The average Bonchev–Trinajstić information content (AvgIpc) is 2.99. The van der Waals surface area contributed by atoms with Gasteiger partial charge in [0.15, 0.2) is 0 Å². The van der Waals surface area contributed by atoms with E-state index < -0.39 is 0 Å². The van der Waals surface area contributed by atoms with Crippen LogP contribution in [0.1, 0.15) is 33.5 Å². The van der Waals surface area contributed by atoms with Gasteiger partial charge >= 0.3 is 0 Å². The molecule has 5 heteroatoms. The van der Waals surface area contributed by atoms with Crippen molar-refractivity contribution in [2.24, 2.45) is 7.05 Å². The Morgan fingerprint density at radius 2 is 2.33 bits per heavy atom. The lowest BCUT2D eigenvalue weighted by atomic mass is 10.1. The fourth-order valence-corrected chi connectivity index (χ4v) is 4.60. The molecule has 1 aliphatic rings. The quantitative estimate of drug-likeness (QED) is 0.940. The second kappa shape index (κ2) is 4.79. The highest BCUT2D eigenvalue weighted by Gasteiger charge is 2.24. The van der Waals surface area contributed by atoms with Crippen LogP contribution in [-0.4, -0.2) is 16.8 Å². The van der Waals surface area contributed by atoms with E-state index in [-0.39, 0.29) is 6.04 Å². The van der Waals surface area contributed by atoms with Crippen molar-refractivity contribution in [1.82, 2.24) is 15.1 Å². The lowest BCUT2D eigenvalue weighted by molar-refractivity contribution is 0.610. The summed E-state index contributed by atoms with van der Waals surface area (Å²) in [5.41, 5.74) is 2.74. The topological polar surface area (TPSA) is 29.9 Å². The molecule has 96 valence electrons. The van der Waals surface area contributed by atoms with Crippen LogP contribution in [-0.2, 0) is 19.9 Å². The van der Waals surface area contributed by atoms with Gasteiger partial charge in [-0.3, -0.25) is 4.68 Å². The molecule has 0 fully saturated rings. The van der Waals surface area contributed by atoms with Gasteiger partial charge in [-0.1, -0.05) is 0 Å². The molecule has 0 amide bonds. The second-order valence-corrected chi connectivity index (χ2v) is 6.70. The highest BCUT2D eigenvalue weighted by molar-refractivity contribution is 9.10. The van der Waals surface area contributed by atoms with Crippen LogP contribution in [0.25, 0.3) is 0 Å². The van der Waals surface area contributed by atoms with Crippen molar-refractivity contribution >= 4 is 27.3 Å². The number of nitrogens with zero attached hydrogens (tertiary/aromatic N) is 2. The Labute approximate surface area is 119 Å². The Kier molecular flexibility index (Phi) is 3.30. The number of hydrogen-bond donors (Lipinski definition) is 1. The lowest BCUT2D eigenvalue weighted by Gasteiger charge is -2.16. The minimum absolute atomic E-state index is 0.225. The molecule has 2 aromatic heterocycles. The Morgan fingerprint density at radius 3 is 2.94 bits per heavy atom. The van der Waals surface area contributed by atoms with Crippen LogP contribution in [0.3, 0.4) is 0 Å². The Balaban J connectivity index is 2.02. The summed E-state index contributed by atoms with van der Waals surface area (Å²) in [7, 11) is 4.00. The summed E-state index contributed by atoms with van der Waals surface area (Å²) >= 11 is 5.54. The summed E-state index contributed by atoms with van der Waals surface area (Å²) in [4.78, 5) is 2.97. The number of hydrogen-bond acceptors (Lipinski definition) is 3. The third-order valence-corrected chi connectivity index (χ3v) is 5.46. The molecule has 1 atom stereocenters. The van der Waals surface area contributed by atoms with Crippen molar-refractivity contribution < 1.29 is 0 Å². The zero-order valence-electron chi connectivity index (χ0n) is 10.5. The number of thiophene rings is 1. The van der Waals surface area contributed by atoms with E-state index in [0.29, 0.717) is 0 Å². The zero-order chi connectivity index (χ0) is 12.7. The van der Waals surface area contributed by atoms with Gasteiger partial charge in [0.1, 0.15) is 0 Å². The first-order valence-corrected chi connectivity index (χ1v) is 7.77. The summed E-state index contributed by atoms with van der Waals surface area (Å²) in [5.74, 6) is 0. The van der Waals surface area contributed by atoms with Crippen LogP contribution < -0.4 is 5.32 Å². The monoisotopic (exact) mass is 325 g/mol. The van der Waals surface area contributed by atoms with Gasteiger partial charge in [0.2, 0.25) is 0 Å². The van der Waals surface area contributed by atoms with E-state index >= 15 is 0 Å². The number of aryl methyl sites for hydroxylation is 3. The Hall–Kier alpha value is -0.650.